The number of nitrogens with one attached hydrogen (secondary N) is 2. The number of halogens is 1. The van der Waals surface area contributed by atoms with E-state index in [9.17, 15) is 9.18 Å². The number of hydrogen-bond donors (Lipinski definition) is 3. The smallest absolute Gasteiger partial charge is 0.315 e. The number of aliphatic hydroxyl groups is 1. The molecule has 0 aliphatic carbocycles. The second-order valence-corrected chi connectivity index (χ2v) is 5.08. The van der Waals surface area contributed by atoms with Crippen LogP contribution in [-0.4, -0.2) is 30.4 Å². The molecule has 2 amide bonds. The predicted molar refractivity (Wildman–Crippen MR) is 73.6 cm³/mol. The lowest BCUT2D eigenvalue weighted by atomic mass is 10.1. The molecule has 0 spiro atoms. The molecule has 0 heterocycles. The first-order valence-corrected chi connectivity index (χ1v) is 6.33. The lowest BCUT2D eigenvalue weighted by Crippen LogP contribution is -2.44. The molecule has 20 heavy (non-hydrogen) atoms. The van der Waals surface area contributed by atoms with Gasteiger partial charge < -0.3 is 20.5 Å². The molecule has 0 unspecified atom stereocenters. The van der Waals surface area contributed by atoms with Crippen molar-refractivity contribution in [2.75, 3.05) is 13.7 Å². The van der Waals surface area contributed by atoms with Gasteiger partial charge >= 0.3 is 6.03 Å². The molecule has 1 rings (SSSR count). The summed E-state index contributed by atoms with van der Waals surface area (Å²) < 4.78 is 18.4. The standard InChI is InChI=1S/C14H21FN2O3/c1-14(2,20-3)9-17-13(19)16-7-10-4-5-12(15)11(6-10)8-18/h4-6,18H,7-9H2,1-3H3,(H2,16,17,19). The Morgan fingerprint density at radius 1 is 1.40 bits per heavy atom. The van der Waals surface area contributed by atoms with Crippen LogP contribution in [0.25, 0.3) is 0 Å². The Labute approximate surface area is 118 Å². The zero-order valence-electron chi connectivity index (χ0n) is 12.0. The Kier molecular flexibility index (Phi) is 5.91. The highest BCUT2D eigenvalue weighted by Gasteiger charge is 2.17. The third-order valence-electron chi connectivity index (χ3n) is 2.96. The molecule has 0 radical (unpaired) electrons. The number of benzene rings is 1. The second kappa shape index (κ2) is 7.21. The van der Waals surface area contributed by atoms with Crippen LogP contribution in [-0.2, 0) is 17.9 Å². The van der Waals surface area contributed by atoms with Gasteiger partial charge in [-0.3, -0.25) is 0 Å². The lowest BCUT2D eigenvalue weighted by molar-refractivity contribution is 0.0254. The summed E-state index contributed by atoms with van der Waals surface area (Å²) in [6.07, 6.45) is 0. The molecule has 1 aromatic rings. The number of ether oxygens (including phenoxy) is 1. The monoisotopic (exact) mass is 284 g/mol. The number of aliphatic hydroxyl groups excluding tert-OH is 1. The first-order valence-electron chi connectivity index (χ1n) is 6.33. The maximum absolute atomic E-state index is 13.2. The molecule has 5 nitrogen and oxygen atoms in total. The quantitative estimate of drug-likeness (QED) is 0.742. The van der Waals surface area contributed by atoms with E-state index in [0.29, 0.717) is 6.54 Å². The molecular formula is C14H21FN2O3. The van der Waals surface area contributed by atoms with Crippen LogP contribution >= 0.6 is 0 Å². The Balaban J connectivity index is 2.45. The van der Waals surface area contributed by atoms with E-state index in [1.54, 1.807) is 13.2 Å². The summed E-state index contributed by atoms with van der Waals surface area (Å²) in [5.41, 5.74) is 0.499. The molecule has 3 N–H and O–H groups in total. The number of rotatable bonds is 6. The minimum atomic E-state index is -0.456. The van der Waals surface area contributed by atoms with E-state index < -0.39 is 11.4 Å². The van der Waals surface area contributed by atoms with Crippen molar-refractivity contribution in [3.63, 3.8) is 0 Å². The molecule has 0 fully saturated rings. The van der Waals surface area contributed by atoms with Gasteiger partial charge in [0.05, 0.1) is 12.2 Å². The van der Waals surface area contributed by atoms with Crippen LogP contribution < -0.4 is 10.6 Å². The van der Waals surface area contributed by atoms with E-state index in [0.717, 1.165) is 5.56 Å². The number of carbonyl (C=O) groups excluding carboxylic acids is 1. The Morgan fingerprint density at radius 3 is 2.70 bits per heavy atom. The molecule has 0 aliphatic heterocycles. The van der Waals surface area contributed by atoms with E-state index in [2.05, 4.69) is 10.6 Å². The summed E-state index contributed by atoms with van der Waals surface area (Å²) in [6, 6.07) is 4.03. The van der Waals surface area contributed by atoms with Gasteiger partial charge in [-0.15, -0.1) is 0 Å². The van der Waals surface area contributed by atoms with Gasteiger partial charge in [0, 0.05) is 25.8 Å². The van der Waals surface area contributed by atoms with Crippen LogP contribution in [0.1, 0.15) is 25.0 Å². The first kappa shape index (κ1) is 16.4. The number of urea groups is 1. The summed E-state index contributed by atoms with van der Waals surface area (Å²) >= 11 is 0. The minimum Gasteiger partial charge on any atom is -0.392 e. The molecule has 112 valence electrons. The molecular weight excluding hydrogens is 263 g/mol. The fourth-order valence-corrected chi connectivity index (χ4v) is 1.47. The summed E-state index contributed by atoms with van der Waals surface area (Å²) in [7, 11) is 1.58. The highest BCUT2D eigenvalue weighted by atomic mass is 19.1. The molecule has 0 saturated carbocycles. The van der Waals surface area contributed by atoms with Crippen molar-refractivity contribution in [1.29, 1.82) is 0 Å². The Morgan fingerprint density at radius 2 is 2.10 bits per heavy atom. The van der Waals surface area contributed by atoms with Crippen molar-refractivity contribution in [1.82, 2.24) is 10.6 Å². The average molecular weight is 284 g/mol. The van der Waals surface area contributed by atoms with Crippen molar-refractivity contribution in [3.05, 3.63) is 35.1 Å². The molecule has 0 bridgehead atoms. The maximum atomic E-state index is 13.2. The van der Waals surface area contributed by atoms with Gasteiger partial charge in [0.1, 0.15) is 5.82 Å². The fourth-order valence-electron chi connectivity index (χ4n) is 1.47. The van der Waals surface area contributed by atoms with Crippen molar-refractivity contribution < 1.29 is 19.0 Å². The van der Waals surface area contributed by atoms with E-state index in [1.807, 2.05) is 13.8 Å². The zero-order chi connectivity index (χ0) is 15.2. The van der Waals surface area contributed by atoms with Gasteiger partial charge in [0.15, 0.2) is 0 Å². The summed E-state index contributed by atoms with van der Waals surface area (Å²) in [5.74, 6) is -0.456. The molecule has 0 atom stereocenters. The van der Waals surface area contributed by atoms with Gasteiger partial charge in [-0.2, -0.15) is 0 Å². The summed E-state index contributed by atoms with van der Waals surface area (Å²) in [4.78, 5) is 11.6. The molecule has 0 aromatic heterocycles. The Hall–Kier alpha value is -1.66. The van der Waals surface area contributed by atoms with Crippen LogP contribution in [0.2, 0.25) is 0 Å². The van der Waals surface area contributed by atoms with Crippen molar-refractivity contribution in [3.8, 4) is 0 Å². The first-order chi connectivity index (χ1) is 9.38. The van der Waals surface area contributed by atoms with Gasteiger partial charge in [-0.05, 0) is 31.5 Å². The summed E-state index contributed by atoms with van der Waals surface area (Å²) in [5, 5.41) is 14.3. The SMILES string of the molecule is COC(C)(C)CNC(=O)NCc1ccc(F)c(CO)c1. The average Bonchev–Trinajstić information content (AvgIpc) is 2.44. The van der Waals surface area contributed by atoms with Crippen LogP contribution in [0.5, 0.6) is 0 Å². The van der Waals surface area contributed by atoms with Crippen LogP contribution in [0, 0.1) is 5.82 Å². The number of amides is 2. The molecule has 0 aliphatic rings. The van der Waals surface area contributed by atoms with Crippen LogP contribution in [0.4, 0.5) is 9.18 Å². The number of hydrogen-bond acceptors (Lipinski definition) is 3. The normalized spacial score (nSPS) is 11.2. The van der Waals surface area contributed by atoms with Crippen molar-refractivity contribution >= 4 is 6.03 Å². The largest absolute Gasteiger partial charge is 0.392 e. The Bertz CT molecular complexity index is 464. The van der Waals surface area contributed by atoms with Crippen LogP contribution in [0.3, 0.4) is 0 Å². The van der Waals surface area contributed by atoms with E-state index in [1.165, 1.54) is 12.1 Å². The van der Waals surface area contributed by atoms with E-state index in [4.69, 9.17) is 9.84 Å². The number of methoxy groups -OCH3 is 1. The van der Waals surface area contributed by atoms with Gasteiger partial charge in [0.25, 0.3) is 0 Å². The molecule has 0 saturated heterocycles. The highest BCUT2D eigenvalue weighted by Crippen LogP contribution is 2.10. The zero-order valence-corrected chi connectivity index (χ0v) is 12.0. The van der Waals surface area contributed by atoms with Crippen molar-refractivity contribution in [2.45, 2.75) is 32.6 Å². The second-order valence-electron chi connectivity index (χ2n) is 5.08. The summed E-state index contributed by atoms with van der Waals surface area (Å²) in [6.45, 7) is 3.99. The van der Waals surface area contributed by atoms with Crippen molar-refractivity contribution in [2.24, 2.45) is 0 Å². The van der Waals surface area contributed by atoms with E-state index >= 15 is 0 Å². The third-order valence-corrected chi connectivity index (χ3v) is 2.96. The van der Waals surface area contributed by atoms with Gasteiger partial charge in [-0.1, -0.05) is 6.07 Å². The van der Waals surface area contributed by atoms with Gasteiger partial charge in [0.2, 0.25) is 0 Å². The molecule has 1 aromatic carbocycles. The third kappa shape index (κ3) is 5.14. The topological polar surface area (TPSA) is 70.6 Å². The highest BCUT2D eigenvalue weighted by molar-refractivity contribution is 5.73. The van der Waals surface area contributed by atoms with Gasteiger partial charge in [-0.25, -0.2) is 9.18 Å². The lowest BCUT2D eigenvalue weighted by Gasteiger charge is -2.23. The molecule has 6 heteroatoms. The number of carbonyl (C=O) groups is 1. The fraction of sp³-hybridized carbons (Fsp3) is 0.500. The van der Waals surface area contributed by atoms with E-state index in [-0.39, 0.29) is 24.7 Å². The predicted octanol–water partition coefficient (Wildman–Crippen LogP) is 1.54. The minimum absolute atomic E-state index is 0.213. The maximum Gasteiger partial charge on any atom is 0.315 e. The van der Waals surface area contributed by atoms with Crippen LogP contribution in [0.15, 0.2) is 18.2 Å².